The van der Waals surface area contributed by atoms with Crippen molar-refractivity contribution in [2.24, 2.45) is 4.99 Å². The third-order valence-corrected chi connectivity index (χ3v) is 5.05. The van der Waals surface area contributed by atoms with E-state index in [0.717, 1.165) is 29.2 Å². The molecule has 8 nitrogen and oxygen atoms in total. The van der Waals surface area contributed by atoms with Gasteiger partial charge >= 0.3 is 0 Å². The van der Waals surface area contributed by atoms with Gasteiger partial charge in [-0.05, 0) is 38.5 Å². The molecule has 1 atom stereocenters. The Balaban J connectivity index is 2.19. The first-order valence-corrected chi connectivity index (χ1v) is 10.6. The molecule has 176 valence electrons. The molecule has 0 aliphatic rings. The summed E-state index contributed by atoms with van der Waals surface area (Å²) >= 11 is 0. The number of rotatable bonds is 11. The molecule has 0 amide bonds. The van der Waals surface area contributed by atoms with E-state index in [9.17, 15) is 0 Å². The Hall–Kier alpha value is -3.29. The molecule has 2 N–H and O–H groups in total. The van der Waals surface area contributed by atoms with Gasteiger partial charge in [0.1, 0.15) is 28.7 Å². The summed E-state index contributed by atoms with van der Waals surface area (Å²) in [5.41, 5.74) is 1.92. The van der Waals surface area contributed by atoms with Gasteiger partial charge in [0.25, 0.3) is 0 Å². The van der Waals surface area contributed by atoms with Gasteiger partial charge in [0.2, 0.25) is 0 Å². The Morgan fingerprint density at radius 1 is 0.844 bits per heavy atom. The lowest BCUT2D eigenvalue weighted by Gasteiger charge is -2.21. The van der Waals surface area contributed by atoms with Crippen LogP contribution in [0.5, 0.6) is 28.7 Å². The second kappa shape index (κ2) is 12.5. The summed E-state index contributed by atoms with van der Waals surface area (Å²) in [6, 6.07) is 9.39. The zero-order chi connectivity index (χ0) is 23.5. The Labute approximate surface area is 190 Å². The second-order valence-corrected chi connectivity index (χ2v) is 7.00. The molecule has 0 spiro atoms. The summed E-state index contributed by atoms with van der Waals surface area (Å²) in [7, 11) is 8.19. The van der Waals surface area contributed by atoms with Crippen LogP contribution in [0.15, 0.2) is 35.3 Å². The van der Waals surface area contributed by atoms with Crippen LogP contribution < -0.4 is 34.3 Å². The first-order chi connectivity index (χ1) is 15.5. The summed E-state index contributed by atoms with van der Waals surface area (Å²) < 4.78 is 27.3. The fourth-order valence-corrected chi connectivity index (χ4v) is 3.38. The molecule has 0 aliphatic heterocycles. The van der Waals surface area contributed by atoms with Crippen molar-refractivity contribution < 1.29 is 23.7 Å². The minimum atomic E-state index is -0.0529. The lowest BCUT2D eigenvalue weighted by Crippen LogP contribution is -2.39. The quantitative estimate of drug-likeness (QED) is 0.404. The standard InChI is InChI=1S/C24H35N3O5/c1-8-25-24(27-16(2)20-13-17(28-3)9-10-21(20)30-5)26-12-11-19-22(31-6)14-18(29-4)15-23(19)32-7/h9-10,13-16H,8,11-12H2,1-7H3,(H2,25,26,27). The molecule has 1 unspecified atom stereocenters. The first kappa shape index (κ1) is 25.0. The van der Waals surface area contributed by atoms with Crippen LogP contribution in [0, 0.1) is 0 Å². The highest BCUT2D eigenvalue weighted by atomic mass is 16.5. The van der Waals surface area contributed by atoms with Crippen molar-refractivity contribution in [1.29, 1.82) is 0 Å². The summed E-state index contributed by atoms with van der Waals surface area (Å²) in [5.74, 6) is 4.37. The number of ether oxygens (including phenoxy) is 5. The van der Waals surface area contributed by atoms with E-state index in [1.807, 2.05) is 37.3 Å². The molecule has 32 heavy (non-hydrogen) atoms. The number of aliphatic imine (C=N–C) groups is 1. The summed E-state index contributed by atoms with van der Waals surface area (Å²) in [4.78, 5) is 4.75. The van der Waals surface area contributed by atoms with Crippen molar-refractivity contribution in [2.75, 3.05) is 48.6 Å². The van der Waals surface area contributed by atoms with E-state index >= 15 is 0 Å². The number of guanidine groups is 1. The van der Waals surface area contributed by atoms with E-state index in [4.69, 9.17) is 28.7 Å². The Kier molecular flexibility index (Phi) is 9.78. The van der Waals surface area contributed by atoms with Crippen LogP contribution in [0.25, 0.3) is 0 Å². The molecule has 0 fully saturated rings. The first-order valence-electron chi connectivity index (χ1n) is 10.6. The second-order valence-electron chi connectivity index (χ2n) is 7.00. The van der Waals surface area contributed by atoms with Crippen LogP contribution in [0.1, 0.15) is 31.0 Å². The topological polar surface area (TPSA) is 82.6 Å². The van der Waals surface area contributed by atoms with Gasteiger partial charge in [-0.2, -0.15) is 0 Å². The predicted molar refractivity (Wildman–Crippen MR) is 127 cm³/mol. The van der Waals surface area contributed by atoms with Gasteiger partial charge in [-0.25, -0.2) is 0 Å². The summed E-state index contributed by atoms with van der Waals surface area (Å²) in [6.45, 7) is 5.36. The third kappa shape index (κ3) is 6.35. The highest BCUT2D eigenvalue weighted by Gasteiger charge is 2.16. The lowest BCUT2D eigenvalue weighted by molar-refractivity contribution is 0.369. The van der Waals surface area contributed by atoms with Gasteiger partial charge in [0.15, 0.2) is 5.96 Å². The average molecular weight is 446 g/mol. The van der Waals surface area contributed by atoms with Crippen molar-refractivity contribution >= 4 is 5.96 Å². The molecule has 2 rings (SSSR count). The maximum atomic E-state index is 5.54. The van der Waals surface area contributed by atoms with E-state index in [1.54, 1.807) is 35.5 Å². The number of hydrogen-bond donors (Lipinski definition) is 2. The number of nitrogens with one attached hydrogen (secondary N) is 2. The van der Waals surface area contributed by atoms with Gasteiger partial charge in [-0.1, -0.05) is 0 Å². The van der Waals surface area contributed by atoms with Crippen molar-refractivity contribution in [3.63, 3.8) is 0 Å². The van der Waals surface area contributed by atoms with Crippen molar-refractivity contribution in [1.82, 2.24) is 10.6 Å². The highest BCUT2D eigenvalue weighted by molar-refractivity contribution is 5.80. The number of benzene rings is 2. The number of hydrogen-bond acceptors (Lipinski definition) is 6. The molecule has 0 saturated heterocycles. The normalized spacial score (nSPS) is 12.0. The molecule has 2 aromatic rings. The number of nitrogens with zero attached hydrogens (tertiary/aromatic N) is 1. The van der Waals surface area contributed by atoms with Crippen molar-refractivity contribution in [3.05, 3.63) is 41.5 Å². The van der Waals surface area contributed by atoms with Crippen LogP contribution in [0.4, 0.5) is 0 Å². The van der Waals surface area contributed by atoms with Crippen LogP contribution in [0.3, 0.4) is 0 Å². The molecular formula is C24H35N3O5. The minimum absolute atomic E-state index is 0.0529. The minimum Gasteiger partial charge on any atom is -0.497 e. The molecule has 0 saturated carbocycles. The van der Waals surface area contributed by atoms with Gasteiger partial charge < -0.3 is 34.3 Å². The summed E-state index contributed by atoms with van der Waals surface area (Å²) in [5, 5.41) is 6.74. The van der Waals surface area contributed by atoms with Crippen LogP contribution >= 0.6 is 0 Å². The molecule has 8 heteroatoms. The molecular weight excluding hydrogens is 410 g/mol. The average Bonchev–Trinajstić information content (AvgIpc) is 2.83. The Bertz CT molecular complexity index is 876. The van der Waals surface area contributed by atoms with E-state index in [1.165, 1.54) is 0 Å². The largest absolute Gasteiger partial charge is 0.497 e. The molecule has 0 radical (unpaired) electrons. The monoisotopic (exact) mass is 445 g/mol. The molecule has 0 bridgehead atoms. The Morgan fingerprint density at radius 2 is 1.47 bits per heavy atom. The maximum absolute atomic E-state index is 5.54. The van der Waals surface area contributed by atoms with E-state index in [2.05, 4.69) is 17.6 Å². The Morgan fingerprint density at radius 3 is 2.00 bits per heavy atom. The van der Waals surface area contributed by atoms with Crippen LogP contribution in [-0.2, 0) is 6.42 Å². The summed E-state index contributed by atoms with van der Waals surface area (Å²) in [6.07, 6.45) is 0.643. The zero-order valence-electron chi connectivity index (χ0n) is 20.1. The van der Waals surface area contributed by atoms with E-state index in [-0.39, 0.29) is 6.04 Å². The third-order valence-electron chi connectivity index (χ3n) is 5.05. The van der Waals surface area contributed by atoms with Crippen molar-refractivity contribution in [2.45, 2.75) is 26.3 Å². The van der Waals surface area contributed by atoms with Crippen molar-refractivity contribution in [3.8, 4) is 28.7 Å². The highest BCUT2D eigenvalue weighted by Crippen LogP contribution is 2.34. The van der Waals surface area contributed by atoms with Gasteiger partial charge in [-0.3, -0.25) is 4.99 Å². The van der Waals surface area contributed by atoms with Gasteiger partial charge in [0, 0.05) is 36.3 Å². The zero-order valence-corrected chi connectivity index (χ0v) is 20.1. The predicted octanol–water partition coefficient (Wildman–Crippen LogP) is 3.59. The molecule has 0 aliphatic carbocycles. The van der Waals surface area contributed by atoms with Crippen LogP contribution in [0.2, 0.25) is 0 Å². The molecule has 0 aromatic heterocycles. The fourth-order valence-electron chi connectivity index (χ4n) is 3.38. The molecule has 2 aromatic carbocycles. The van der Waals surface area contributed by atoms with Gasteiger partial charge in [0.05, 0.1) is 41.6 Å². The molecule has 0 heterocycles. The smallest absolute Gasteiger partial charge is 0.191 e. The number of methoxy groups -OCH3 is 5. The fraction of sp³-hybridized carbons (Fsp3) is 0.458. The SMILES string of the molecule is CCNC(=NCCc1c(OC)cc(OC)cc1OC)NC(C)c1cc(OC)ccc1OC. The lowest BCUT2D eigenvalue weighted by atomic mass is 10.1. The maximum Gasteiger partial charge on any atom is 0.191 e. The van der Waals surface area contributed by atoms with E-state index < -0.39 is 0 Å². The van der Waals surface area contributed by atoms with Gasteiger partial charge in [-0.15, -0.1) is 0 Å². The van der Waals surface area contributed by atoms with E-state index in [0.29, 0.717) is 36.2 Å². The van der Waals surface area contributed by atoms with Crippen LogP contribution in [-0.4, -0.2) is 54.6 Å².